The van der Waals surface area contributed by atoms with Crippen LogP contribution in [0.2, 0.25) is 0 Å². The molecule has 0 radical (unpaired) electrons. The van der Waals surface area contributed by atoms with Crippen molar-refractivity contribution in [1.82, 2.24) is 14.9 Å². The number of aromatic nitrogens is 2. The summed E-state index contributed by atoms with van der Waals surface area (Å²) >= 11 is 1.13. The Balaban J connectivity index is 1.93. The summed E-state index contributed by atoms with van der Waals surface area (Å²) in [5, 5.41) is 16.6. The number of nitrogens with zero attached hydrogens (tertiary/aromatic N) is 2. The molecule has 2 N–H and O–H groups in total. The van der Waals surface area contributed by atoms with Crippen molar-refractivity contribution in [3.05, 3.63) is 10.6 Å². The van der Waals surface area contributed by atoms with Gasteiger partial charge >= 0.3 is 0 Å². The van der Waals surface area contributed by atoms with Crippen molar-refractivity contribution in [3.63, 3.8) is 0 Å². The molecular formula is C12H19N3O2S. The Labute approximate surface area is 111 Å². The molecule has 1 aliphatic carbocycles. The minimum Gasteiger partial charge on any atom is -0.393 e. The fourth-order valence-electron chi connectivity index (χ4n) is 2.29. The van der Waals surface area contributed by atoms with Crippen molar-refractivity contribution in [1.29, 1.82) is 0 Å². The zero-order valence-electron chi connectivity index (χ0n) is 10.7. The molecule has 1 heterocycles. The Hall–Kier alpha value is -1.01. The van der Waals surface area contributed by atoms with Crippen LogP contribution in [0.15, 0.2) is 0 Å². The van der Waals surface area contributed by atoms with E-state index < -0.39 is 0 Å². The molecular weight excluding hydrogens is 250 g/mol. The van der Waals surface area contributed by atoms with E-state index in [2.05, 4.69) is 14.9 Å². The third kappa shape index (κ3) is 2.87. The lowest BCUT2D eigenvalue weighted by Gasteiger charge is -2.14. The molecule has 1 amide bonds. The Bertz CT molecular complexity index is 419. The molecule has 0 bridgehead atoms. The first-order valence-electron chi connectivity index (χ1n) is 6.38. The highest BCUT2D eigenvalue weighted by Crippen LogP contribution is 2.25. The fraction of sp³-hybridized carbons (Fsp3) is 0.750. The maximum atomic E-state index is 12.0. The molecule has 1 saturated carbocycles. The normalized spacial score (nSPS) is 23.6. The number of aliphatic hydroxyl groups is 1. The number of carbonyl (C=O) groups excluding carboxylic acids is 1. The van der Waals surface area contributed by atoms with E-state index in [0.717, 1.165) is 36.5 Å². The second kappa shape index (κ2) is 5.75. The highest BCUT2D eigenvalue weighted by molar-refractivity contribution is 7.08. The van der Waals surface area contributed by atoms with E-state index in [1.165, 1.54) is 0 Å². The first kappa shape index (κ1) is 13.4. The van der Waals surface area contributed by atoms with E-state index in [0.29, 0.717) is 11.4 Å². The zero-order chi connectivity index (χ0) is 13.1. The fourth-order valence-corrected chi connectivity index (χ4v) is 3.03. The third-order valence-electron chi connectivity index (χ3n) is 3.41. The number of hydrogen-bond donors (Lipinski definition) is 2. The minimum atomic E-state index is -0.269. The van der Waals surface area contributed by atoms with Gasteiger partial charge in [0.15, 0.2) is 0 Å². The molecule has 18 heavy (non-hydrogen) atoms. The van der Waals surface area contributed by atoms with Gasteiger partial charge in [0.05, 0.1) is 11.8 Å². The topological polar surface area (TPSA) is 75.1 Å². The van der Waals surface area contributed by atoms with E-state index in [1.807, 2.05) is 13.8 Å². The van der Waals surface area contributed by atoms with Gasteiger partial charge in [0.25, 0.3) is 5.91 Å². The summed E-state index contributed by atoms with van der Waals surface area (Å²) < 4.78 is 3.84. The average Bonchev–Trinajstić information content (AvgIpc) is 2.94. The second-order valence-electron chi connectivity index (χ2n) is 5.11. The molecule has 1 aliphatic rings. The molecule has 1 aromatic heterocycles. The molecule has 2 unspecified atom stereocenters. The highest BCUT2D eigenvalue weighted by Gasteiger charge is 2.26. The molecule has 6 heteroatoms. The standard InChI is InChI=1S/C12H19N3O2S/c1-7(2)10-11(18-15-14-10)12(17)13-6-8-4-3-5-9(8)16/h7-9,16H,3-6H2,1-2H3,(H,13,17). The molecule has 1 fully saturated rings. The first-order valence-corrected chi connectivity index (χ1v) is 7.15. The number of rotatable bonds is 4. The van der Waals surface area contributed by atoms with E-state index >= 15 is 0 Å². The SMILES string of the molecule is CC(C)c1nnsc1C(=O)NCC1CCCC1O. The van der Waals surface area contributed by atoms with E-state index in [9.17, 15) is 9.90 Å². The summed E-state index contributed by atoms with van der Waals surface area (Å²) in [6.45, 7) is 4.53. The van der Waals surface area contributed by atoms with Crippen LogP contribution in [0.25, 0.3) is 0 Å². The zero-order valence-corrected chi connectivity index (χ0v) is 11.5. The smallest absolute Gasteiger partial charge is 0.264 e. The summed E-state index contributed by atoms with van der Waals surface area (Å²) in [7, 11) is 0. The third-order valence-corrected chi connectivity index (χ3v) is 4.15. The van der Waals surface area contributed by atoms with Crippen LogP contribution in [0.4, 0.5) is 0 Å². The number of nitrogens with one attached hydrogen (secondary N) is 1. The number of amides is 1. The predicted molar refractivity (Wildman–Crippen MR) is 69.7 cm³/mol. The summed E-state index contributed by atoms with van der Waals surface area (Å²) in [5.41, 5.74) is 0.754. The van der Waals surface area contributed by atoms with Gasteiger partial charge in [-0.25, -0.2) is 0 Å². The van der Waals surface area contributed by atoms with Crippen molar-refractivity contribution in [2.45, 2.75) is 45.1 Å². The molecule has 1 aromatic rings. The first-order chi connectivity index (χ1) is 8.59. The van der Waals surface area contributed by atoms with Crippen LogP contribution in [0.5, 0.6) is 0 Å². The van der Waals surface area contributed by atoms with Crippen molar-refractivity contribution < 1.29 is 9.90 Å². The maximum absolute atomic E-state index is 12.0. The van der Waals surface area contributed by atoms with E-state index in [1.54, 1.807) is 0 Å². The second-order valence-corrected chi connectivity index (χ2v) is 5.86. The number of carbonyl (C=O) groups is 1. The number of hydrogen-bond acceptors (Lipinski definition) is 5. The van der Waals surface area contributed by atoms with Gasteiger partial charge < -0.3 is 10.4 Å². The number of aliphatic hydroxyl groups excluding tert-OH is 1. The lowest BCUT2D eigenvalue weighted by Crippen LogP contribution is -2.32. The van der Waals surface area contributed by atoms with Gasteiger partial charge in [0, 0.05) is 12.5 Å². The maximum Gasteiger partial charge on any atom is 0.264 e. The van der Waals surface area contributed by atoms with Crippen LogP contribution in [0.3, 0.4) is 0 Å². The molecule has 0 aliphatic heterocycles. The highest BCUT2D eigenvalue weighted by atomic mass is 32.1. The van der Waals surface area contributed by atoms with Crippen LogP contribution in [-0.2, 0) is 0 Å². The Morgan fingerprint density at radius 2 is 2.33 bits per heavy atom. The van der Waals surface area contributed by atoms with Gasteiger partial charge in [-0.1, -0.05) is 24.8 Å². The molecule has 2 atom stereocenters. The lowest BCUT2D eigenvalue weighted by atomic mass is 10.1. The molecule has 0 spiro atoms. The predicted octanol–water partition coefficient (Wildman–Crippen LogP) is 1.55. The van der Waals surface area contributed by atoms with Gasteiger partial charge in [-0.3, -0.25) is 4.79 Å². The van der Waals surface area contributed by atoms with Gasteiger partial charge in [-0.05, 0) is 30.3 Å². The van der Waals surface area contributed by atoms with Crippen LogP contribution >= 0.6 is 11.5 Å². The average molecular weight is 269 g/mol. The summed E-state index contributed by atoms with van der Waals surface area (Å²) in [6, 6.07) is 0. The van der Waals surface area contributed by atoms with Crippen LogP contribution < -0.4 is 5.32 Å². The molecule has 2 rings (SSSR count). The van der Waals surface area contributed by atoms with Gasteiger partial charge in [-0.15, -0.1) is 5.10 Å². The lowest BCUT2D eigenvalue weighted by molar-refractivity contribution is 0.0919. The summed E-state index contributed by atoms with van der Waals surface area (Å²) in [6.07, 6.45) is 2.61. The van der Waals surface area contributed by atoms with Crippen LogP contribution in [-0.4, -0.2) is 33.2 Å². The largest absolute Gasteiger partial charge is 0.393 e. The quantitative estimate of drug-likeness (QED) is 0.869. The van der Waals surface area contributed by atoms with Crippen molar-refractivity contribution >= 4 is 17.4 Å². The molecule has 0 aromatic carbocycles. The van der Waals surface area contributed by atoms with E-state index in [4.69, 9.17) is 0 Å². The van der Waals surface area contributed by atoms with Gasteiger partial charge in [0.1, 0.15) is 4.88 Å². The van der Waals surface area contributed by atoms with Gasteiger partial charge in [0.2, 0.25) is 0 Å². The van der Waals surface area contributed by atoms with Gasteiger partial charge in [-0.2, -0.15) is 0 Å². The van der Waals surface area contributed by atoms with Crippen LogP contribution in [0, 0.1) is 5.92 Å². The van der Waals surface area contributed by atoms with Crippen molar-refractivity contribution in [2.24, 2.45) is 5.92 Å². The van der Waals surface area contributed by atoms with E-state index in [-0.39, 0.29) is 23.8 Å². The molecule has 5 nitrogen and oxygen atoms in total. The van der Waals surface area contributed by atoms with Crippen LogP contribution in [0.1, 0.15) is 54.4 Å². The minimum absolute atomic E-state index is 0.118. The Kier molecular flexibility index (Phi) is 4.29. The summed E-state index contributed by atoms with van der Waals surface area (Å²) in [4.78, 5) is 12.6. The van der Waals surface area contributed by atoms with Crippen molar-refractivity contribution in [3.8, 4) is 0 Å². The Morgan fingerprint density at radius 1 is 1.56 bits per heavy atom. The monoisotopic (exact) mass is 269 g/mol. The van der Waals surface area contributed by atoms with Crippen molar-refractivity contribution in [2.75, 3.05) is 6.54 Å². The molecule has 100 valence electrons. The molecule has 0 saturated heterocycles. The Morgan fingerprint density at radius 3 is 2.94 bits per heavy atom. The summed E-state index contributed by atoms with van der Waals surface area (Å²) in [5.74, 6) is 0.270.